The van der Waals surface area contributed by atoms with E-state index in [1.807, 2.05) is 0 Å². The summed E-state index contributed by atoms with van der Waals surface area (Å²) in [6.45, 7) is 4.32. The molecule has 0 N–H and O–H groups in total. The van der Waals surface area contributed by atoms with E-state index in [4.69, 9.17) is 3.07 Å². The summed E-state index contributed by atoms with van der Waals surface area (Å²) < 4.78 is 9.74. The summed E-state index contributed by atoms with van der Waals surface area (Å²) >= 11 is -4.15. The summed E-state index contributed by atoms with van der Waals surface area (Å²) in [4.78, 5) is 13.9. The van der Waals surface area contributed by atoms with Crippen molar-refractivity contribution < 1.29 is 3.07 Å². The van der Waals surface area contributed by atoms with Crippen LogP contribution >= 0.6 is 0 Å². The molecular formula is C12H26OSn2. The molecule has 88 valence electrons. The van der Waals surface area contributed by atoms with Crippen LogP contribution < -0.4 is 0 Å². The molecule has 0 aliphatic rings. The Morgan fingerprint density at radius 2 is 1.53 bits per heavy atom. The first kappa shape index (κ1) is 16.1. The molecule has 0 heterocycles. The van der Waals surface area contributed by atoms with Crippen LogP contribution in [0.3, 0.4) is 0 Å². The number of hydrogen-bond donors (Lipinski definition) is 0. The average molecular weight is 424 g/mol. The van der Waals surface area contributed by atoms with Crippen molar-refractivity contribution in [1.82, 2.24) is 0 Å². The van der Waals surface area contributed by atoms with Gasteiger partial charge in [0, 0.05) is 0 Å². The molecule has 0 saturated carbocycles. The van der Waals surface area contributed by atoms with Crippen LogP contribution in [0, 0.1) is 9.86 Å². The van der Waals surface area contributed by atoms with E-state index in [0.29, 0.717) is 0 Å². The van der Waals surface area contributed by atoms with Gasteiger partial charge in [0.2, 0.25) is 0 Å². The zero-order valence-corrected chi connectivity index (χ0v) is 17.3. The molecule has 1 nitrogen and oxygen atoms in total. The van der Waals surface area contributed by atoms with Gasteiger partial charge in [0.05, 0.1) is 0 Å². The van der Waals surface area contributed by atoms with E-state index in [1.54, 1.807) is 0 Å². The first-order valence-electron chi connectivity index (χ1n) is 5.72. The first-order chi connectivity index (χ1) is 6.47. The molecule has 0 spiro atoms. The standard InChI is InChI=1S/C6H8O.6CH3.2Sn/c1-4-6(3,7)5-2;;;;;;;;/h4H2,1,3H3;6*1H3;;/q-1;;;;;;;;+1/t6-;;;;;;;;/m1......../s1. The summed E-state index contributed by atoms with van der Waals surface area (Å²) in [7, 11) is 0. The molecule has 0 rings (SSSR count). The van der Waals surface area contributed by atoms with E-state index in [1.165, 1.54) is 0 Å². The Kier molecular flexibility index (Phi) is 6.06. The molecule has 0 aromatic carbocycles. The molecule has 0 unspecified atom stereocenters. The Labute approximate surface area is 105 Å². The van der Waals surface area contributed by atoms with Crippen LogP contribution in [0.2, 0.25) is 29.6 Å². The topological polar surface area (TPSA) is 9.23 Å². The van der Waals surface area contributed by atoms with Gasteiger partial charge in [-0.15, -0.1) is 0 Å². The quantitative estimate of drug-likeness (QED) is 0.494. The van der Waals surface area contributed by atoms with Gasteiger partial charge in [0.25, 0.3) is 0 Å². The predicted octanol–water partition coefficient (Wildman–Crippen LogP) is 3.89. The van der Waals surface area contributed by atoms with Crippen LogP contribution in [0.25, 0.3) is 0 Å². The van der Waals surface area contributed by atoms with Crippen molar-refractivity contribution in [2.24, 2.45) is 0 Å². The molecule has 15 heavy (non-hydrogen) atoms. The van der Waals surface area contributed by atoms with Crippen molar-refractivity contribution >= 4 is 37.2 Å². The van der Waals surface area contributed by atoms with E-state index in [0.717, 1.165) is 6.42 Å². The van der Waals surface area contributed by atoms with Crippen LogP contribution in [-0.4, -0.2) is 42.8 Å². The second kappa shape index (κ2) is 5.64. The van der Waals surface area contributed by atoms with Gasteiger partial charge in [0.15, 0.2) is 0 Å². The SMILES string of the molecule is CC[C@](C)(C#[C][Sn]([CH3])([CH3])[CH3])[O][Sn]([CH3])([CH3])[CH3]. The zero-order valence-electron chi connectivity index (χ0n) is 11.6. The van der Waals surface area contributed by atoms with E-state index in [2.05, 4.69) is 53.3 Å². The summed E-state index contributed by atoms with van der Waals surface area (Å²) in [6.07, 6.45) is 0.996. The van der Waals surface area contributed by atoms with Gasteiger partial charge in [0.1, 0.15) is 0 Å². The van der Waals surface area contributed by atoms with E-state index < -0.39 is 37.2 Å². The molecule has 0 radical (unpaired) electrons. The fourth-order valence-corrected chi connectivity index (χ4v) is 7.42. The van der Waals surface area contributed by atoms with Crippen LogP contribution in [0.1, 0.15) is 20.3 Å². The third-order valence-electron chi connectivity index (χ3n) is 1.91. The molecule has 1 atom stereocenters. The third-order valence-corrected chi connectivity index (χ3v) is 7.44. The Morgan fingerprint density at radius 1 is 1.07 bits per heavy atom. The fourth-order valence-electron chi connectivity index (χ4n) is 1.18. The first-order valence-corrected chi connectivity index (χ1v) is 25.4. The summed E-state index contributed by atoms with van der Waals surface area (Å²) in [5.74, 6) is 3.42. The second-order valence-corrected chi connectivity index (χ2v) is 32.5. The Balaban J connectivity index is 4.78. The molecule has 0 fully saturated rings. The number of rotatable bonds is 3. The normalized spacial score (nSPS) is 16.5. The fraction of sp³-hybridized carbons (Fsp3) is 0.833. The van der Waals surface area contributed by atoms with Gasteiger partial charge < -0.3 is 0 Å². The molecule has 0 aliphatic carbocycles. The Morgan fingerprint density at radius 3 is 1.80 bits per heavy atom. The molecule has 0 saturated heterocycles. The van der Waals surface area contributed by atoms with Crippen molar-refractivity contribution in [3.05, 3.63) is 0 Å². The molecule has 0 aliphatic heterocycles. The predicted molar refractivity (Wildman–Crippen MR) is 74.2 cm³/mol. The Hall–Kier alpha value is 1.12. The minimum atomic E-state index is -2.19. The number of hydrogen-bond acceptors (Lipinski definition) is 1. The molecule has 3 heteroatoms. The van der Waals surface area contributed by atoms with Crippen molar-refractivity contribution in [2.45, 2.75) is 55.5 Å². The molecule has 0 bridgehead atoms. The van der Waals surface area contributed by atoms with Crippen LogP contribution in [0.4, 0.5) is 0 Å². The van der Waals surface area contributed by atoms with Crippen molar-refractivity contribution in [3.63, 3.8) is 0 Å². The second-order valence-electron chi connectivity index (χ2n) is 6.30. The van der Waals surface area contributed by atoms with Crippen LogP contribution in [0.5, 0.6) is 0 Å². The molecule has 0 amide bonds. The molecule has 0 aromatic heterocycles. The summed E-state index contributed by atoms with van der Waals surface area (Å²) in [5.41, 5.74) is -0.182. The third kappa shape index (κ3) is 8.88. The van der Waals surface area contributed by atoms with Crippen molar-refractivity contribution in [2.75, 3.05) is 0 Å². The molecule has 0 aromatic rings. The van der Waals surface area contributed by atoms with Gasteiger partial charge in [-0.25, -0.2) is 0 Å². The maximum atomic E-state index is 6.24. The summed E-state index contributed by atoms with van der Waals surface area (Å²) in [6, 6.07) is 0. The van der Waals surface area contributed by atoms with Gasteiger partial charge in [-0.05, 0) is 0 Å². The maximum absolute atomic E-state index is 6.24. The van der Waals surface area contributed by atoms with E-state index in [-0.39, 0.29) is 5.60 Å². The van der Waals surface area contributed by atoms with Crippen LogP contribution in [0.15, 0.2) is 0 Å². The van der Waals surface area contributed by atoms with E-state index >= 15 is 0 Å². The van der Waals surface area contributed by atoms with Crippen LogP contribution in [-0.2, 0) is 3.07 Å². The average Bonchev–Trinajstić information content (AvgIpc) is 1.97. The van der Waals surface area contributed by atoms with Gasteiger partial charge in [-0.2, -0.15) is 0 Å². The van der Waals surface area contributed by atoms with E-state index in [9.17, 15) is 0 Å². The summed E-state index contributed by atoms with van der Waals surface area (Å²) in [5, 5.41) is 0. The van der Waals surface area contributed by atoms with Crippen molar-refractivity contribution in [3.8, 4) is 9.86 Å². The Bertz CT molecular complexity index is 262. The monoisotopic (exact) mass is 426 g/mol. The zero-order chi connectivity index (χ0) is 12.3. The van der Waals surface area contributed by atoms with Gasteiger partial charge >= 0.3 is 106 Å². The minimum absolute atomic E-state index is 0.182. The molecular weight excluding hydrogens is 398 g/mol. The van der Waals surface area contributed by atoms with Crippen molar-refractivity contribution in [1.29, 1.82) is 0 Å². The van der Waals surface area contributed by atoms with Gasteiger partial charge in [-0.3, -0.25) is 0 Å². The van der Waals surface area contributed by atoms with Gasteiger partial charge in [-0.1, -0.05) is 0 Å².